The highest BCUT2D eigenvalue weighted by Gasteiger charge is 2.40. The van der Waals surface area contributed by atoms with Crippen molar-refractivity contribution in [1.29, 1.82) is 0 Å². The molecule has 2 N–H and O–H groups in total. The molecule has 0 bridgehead atoms. The van der Waals surface area contributed by atoms with Gasteiger partial charge in [0.1, 0.15) is 11.3 Å². The van der Waals surface area contributed by atoms with Crippen LogP contribution < -0.4 is 10.1 Å². The van der Waals surface area contributed by atoms with Crippen molar-refractivity contribution < 1.29 is 32.6 Å². The molecule has 2 atom stereocenters. The molecule has 2 aromatic heterocycles. The molecular formula is C33H35F3N6O4. The van der Waals surface area contributed by atoms with Gasteiger partial charge in [0.25, 0.3) is 5.91 Å². The van der Waals surface area contributed by atoms with Crippen molar-refractivity contribution in [3.63, 3.8) is 0 Å². The van der Waals surface area contributed by atoms with E-state index in [-0.39, 0.29) is 59.5 Å². The van der Waals surface area contributed by atoms with Crippen LogP contribution in [0.5, 0.6) is 5.75 Å². The van der Waals surface area contributed by atoms with Gasteiger partial charge in [-0.15, -0.1) is 0 Å². The van der Waals surface area contributed by atoms with E-state index in [1.165, 1.54) is 14.0 Å². The van der Waals surface area contributed by atoms with Crippen molar-refractivity contribution in [2.24, 2.45) is 5.92 Å². The van der Waals surface area contributed by atoms with Gasteiger partial charge in [0.15, 0.2) is 11.3 Å². The maximum absolute atomic E-state index is 14.4. The molecule has 1 saturated heterocycles. The molecule has 6 rings (SSSR count). The van der Waals surface area contributed by atoms with Crippen molar-refractivity contribution in [3.05, 3.63) is 77.1 Å². The molecular weight excluding hydrogens is 601 g/mol. The highest BCUT2D eigenvalue weighted by atomic mass is 19.4. The van der Waals surface area contributed by atoms with Gasteiger partial charge in [-0.3, -0.25) is 14.5 Å². The van der Waals surface area contributed by atoms with E-state index < -0.39 is 17.8 Å². The average Bonchev–Trinajstić information content (AvgIpc) is 3.80. The van der Waals surface area contributed by atoms with Crippen LogP contribution in [-0.2, 0) is 11.0 Å². The maximum atomic E-state index is 14.4. The number of carbonyl (C=O) groups is 2. The van der Waals surface area contributed by atoms with Gasteiger partial charge >= 0.3 is 6.18 Å². The van der Waals surface area contributed by atoms with E-state index in [0.717, 1.165) is 24.6 Å². The molecule has 2 amide bonds. The number of aliphatic hydroxyl groups excluding tert-OH is 1. The number of rotatable bonds is 8. The highest BCUT2D eigenvalue weighted by Crippen LogP contribution is 2.37. The van der Waals surface area contributed by atoms with Crippen LogP contribution in [0.3, 0.4) is 0 Å². The fourth-order valence-corrected chi connectivity index (χ4v) is 6.16. The zero-order valence-corrected chi connectivity index (χ0v) is 25.7. The molecule has 0 radical (unpaired) electrons. The minimum atomic E-state index is -4.75. The van der Waals surface area contributed by atoms with Gasteiger partial charge in [-0.25, -0.2) is 9.50 Å². The normalized spacial score (nSPS) is 18.1. The minimum Gasteiger partial charge on any atom is -0.497 e. The number of carbonyl (C=O) groups excluding carboxylic acids is 2. The number of piperazine rings is 1. The Kier molecular flexibility index (Phi) is 8.47. The first-order valence-electron chi connectivity index (χ1n) is 15.2. The van der Waals surface area contributed by atoms with Crippen molar-refractivity contribution in [2.75, 3.05) is 38.7 Å². The molecule has 10 nitrogen and oxygen atoms in total. The Bertz CT molecular complexity index is 1770. The van der Waals surface area contributed by atoms with Crippen LogP contribution >= 0.6 is 0 Å². The van der Waals surface area contributed by atoms with Crippen LogP contribution in [0.4, 0.5) is 18.9 Å². The minimum absolute atomic E-state index is 0.00531. The summed E-state index contributed by atoms with van der Waals surface area (Å²) in [5.74, 6) is 0.125. The third-order valence-corrected chi connectivity index (χ3v) is 8.77. The summed E-state index contributed by atoms with van der Waals surface area (Å²) in [6.45, 7) is 4.12. The fraction of sp³-hybridized carbons (Fsp3) is 0.394. The number of alkyl halides is 3. The summed E-state index contributed by atoms with van der Waals surface area (Å²) in [5.41, 5.74) is 0.714. The van der Waals surface area contributed by atoms with Crippen LogP contribution in [0, 0.1) is 12.8 Å². The molecule has 0 spiro atoms. The smallest absolute Gasteiger partial charge is 0.433 e. The summed E-state index contributed by atoms with van der Waals surface area (Å²) in [7, 11) is 1.50. The zero-order valence-electron chi connectivity index (χ0n) is 25.7. The molecule has 46 heavy (non-hydrogen) atoms. The summed E-state index contributed by atoms with van der Waals surface area (Å²) in [5, 5.41) is 17.3. The fourth-order valence-electron chi connectivity index (χ4n) is 6.16. The number of ether oxygens (including phenoxy) is 1. The molecule has 1 saturated carbocycles. The number of hydrogen-bond donors (Lipinski definition) is 2. The Morgan fingerprint density at radius 3 is 2.50 bits per heavy atom. The van der Waals surface area contributed by atoms with E-state index >= 15 is 0 Å². The first-order chi connectivity index (χ1) is 22.0. The van der Waals surface area contributed by atoms with Gasteiger partial charge in [-0.1, -0.05) is 12.1 Å². The van der Waals surface area contributed by atoms with E-state index in [1.807, 2.05) is 31.2 Å². The topological polar surface area (TPSA) is 112 Å². The molecule has 4 aromatic rings. The summed E-state index contributed by atoms with van der Waals surface area (Å²) < 4.78 is 49.0. The van der Waals surface area contributed by atoms with Crippen LogP contribution in [0.15, 0.2) is 54.7 Å². The number of benzene rings is 2. The Labute approximate surface area is 263 Å². The first-order valence-corrected chi connectivity index (χ1v) is 15.2. The number of amides is 2. The van der Waals surface area contributed by atoms with Crippen LogP contribution in [0.25, 0.3) is 16.9 Å². The number of nitrogens with zero attached hydrogens (tertiary/aromatic N) is 5. The number of fused-ring (bicyclic) bond motifs is 1. The Morgan fingerprint density at radius 2 is 1.87 bits per heavy atom. The third-order valence-electron chi connectivity index (χ3n) is 8.77. The second-order valence-corrected chi connectivity index (χ2v) is 11.9. The second-order valence-electron chi connectivity index (χ2n) is 11.9. The lowest BCUT2D eigenvalue weighted by atomic mass is 10.0. The van der Waals surface area contributed by atoms with E-state index in [2.05, 4.69) is 20.3 Å². The Hall–Kier alpha value is -4.49. The van der Waals surface area contributed by atoms with Crippen LogP contribution in [-0.4, -0.2) is 80.7 Å². The summed E-state index contributed by atoms with van der Waals surface area (Å²) in [6.07, 6.45) is -1.82. The van der Waals surface area contributed by atoms with Gasteiger partial charge in [-0.05, 0) is 68.7 Å². The molecule has 0 unspecified atom stereocenters. The second kappa shape index (κ2) is 12.4. The van der Waals surface area contributed by atoms with E-state index in [9.17, 15) is 27.9 Å². The molecule has 1 aliphatic heterocycles. The van der Waals surface area contributed by atoms with Crippen molar-refractivity contribution in [2.45, 2.75) is 44.9 Å². The number of halogens is 3. The highest BCUT2D eigenvalue weighted by molar-refractivity contribution is 6.00. The lowest BCUT2D eigenvalue weighted by Gasteiger charge is -2.43. The van der Waals surface area contributed by atoms with E-state index in [0.29, 0.717) is 34.6 Å². The van der Waals surface area contributed by atoms with Gasteiger partial charge in [-0.2, -0.15) is 18.3 Å². The first kappa shape index (κ1) is 31.5. The predicted octanol–water partition coefficient (Wildman–Crippen LogP) is 4.96. The Morgan fingerprint density at radius 1 is 1.13 bits per heavy atom. The van der Waals surface area contributed by atoms with Crippen molar-refractivity contribution in [3.8, 4) is 17.0 Å². The van der Waals surface area contributed by atoms with Gasteiger partial charge < -0.3 is 20.1 Å². The van der Waals surface area contributed by atoms with Crippen LogP contribution in [0.1, 0.15) is 53.0 Å². The van der Waals surface area contributed by atoms with Crippen molar-refractivity contribution in [1.82, 2.24) is 24.4 Å². The lowest BCUT2D eigenvalue weighted by Crippen LogP contribution is -2.55. The molecule has 13 heteroatoms. The third kappa shape index (κ3) is 6.04. The number of aromatic nitrogens is 3. The molecule has 3 heterocycles. The summed E-state index contributed by atoms with van der Waals surface area (Å²) >= 11 is 0. The number of methoxy groups -OCH3 is 1. The van der Waals surface area contributed by atoms with Gasteiger partial charge in [0, 0.05) is 48.4 Å². The average molecular weight is 637 g/mol. The number of anilines is 1. The number of aliphatic hydroxyl groups is 1. The largest absolute Gasteiger partial charge is 0.497 e. The summed E-state index contributed by atoms with van der Waals surface area (Å²) in [6, 6.07) is 13.2. The quantitative estimate of drug-likeness (QED) is 0.281. The number of hydrogen-bond acceptors (Lipinski definition) is 7. The van der Waals surface area contributed by atoms with Gasteiger partial charge in [0.05, 0.1) is 31.6 Å². The predicted molar refractivity (Wildman–Crippen MR) is 164 cm³/mol. The van der Waals surface area contributed by atoms with Crippen LogP contribution in [0.2, 0.25) is 0 Å². The standard InChI is InChI=1S/C33H35F3N6O4/c1-19-17-40(27(18-43)23-5-4-6-24(15-23)38-31(44)22-7-8-22)13-14-41(19)32(45)26-16-37-42-29(33(34,35)36)20(2)28(39-30(26)42)21-9-11-25(46-3)12-10-21/h4-6,9-12,15-16,19,22,27,43H,7-8,13-14,17-18H2,1-3H3,(H,38,44)/t19-,27-/m1/s1. The summed E-state index contributed by atoms with van der Waals surface area (Å²) in [4.78, 5) is 34.4. The molecule has 2 aliphatic rings. The van der Waals surface area contributed by atoms with E-state index in [1.54, 1.807) is 29.2 Å². The SMILES string of the molecule is COc1ccc(-c2nc3c(C(=O)N4CCN([C@H](CO)c5cccc(NC(=O)C6CC6)c5)C[C@H]4C)cnn3c(C(F)(F)F)c2C)cc1. The lowest BCUT2D eigenvalue weighted by molar-refractivity contribution is -0.143. The molecule has 242 valence electrons. The molecule has 2 aromatic carbocycles. The van der Waals surface area contributed by atoms with E-state index in [4.69, 9.17) is 4.74 Å². The molecule has 1 aliphatic carbocycles. The number of nitrogens with one attached hydrogen (secondary N) is 1. The molecule has 2 fully saturated rings. The van der Waals surface area contributed by atoms with Gasteiger partial charge in [0.2, 0.25) is 5.91 Å². The maximum Gasteiger partial charge on any atom is 0.433 e. The Balaban J connectivity index is 1.26. The van der Waals surface area contributed by atoms with Crippen molar-refractivity contribution >= 4 is 23.1 Å². The monoisotopic (exact) mass is 636 g/mol. The zero-order chi connectivity index (χ0) is 32.7.